The van der Waals surface area contributed by atoms with Gasteiger partial charge in [-0.1, -0.05) is 30.3 Å². The third-order valence-corrected chi connectivity index (χ3v) is 6.70. The molecule has 5 rings (SSSR count). The third kappa shape index (κ3) is 4.34. The molecule has 0 bridgehead atoms. The highest BCUT2D eigenvalue weighted by Gasteiger charge is 2.29. The zero-order chi connectivity index (χ0) is 21.2. The molecular weight excluding hydrogens is 388 g/mol. The SMILES string of the molecule is CN1CCN(C2CCN(C(=O)c3cnc4c(c3)ncn4Cc3ccccc3)CC2)CC1. The smallest absolute Gasteiger partial charge is 0.255 e. The number of carbonyl (C=O) groups is 1. The molecule has 4 heterocycles. The van der Waals surface area contributed by atoms with Gasteiger partial charge in [-0.25, -0.2) is 9.97 Å². The minimum absolute atomic E-state index is 0.0730. The molecule has 0 N–H and O–H groups in total. The Hall–Kier alpha value is -2.77. The minimum Gasteiger partial charge on any atom is -0.338 e. The maximum atomic E-state index is 13.1. The Morgan fingerprint density at radius 1 is 1.00 bits per heavy atom. The molecule has 3 aromatic rings. The van der Waals surface area contributed by atoms with Gasteiger partial charge in [0.1, 0.15) is 5.52 Å². The molecule has 162 valence electrons. The van der Waals surface area contributed by atoms with Gasteiger partial charge in [-0.3, -0.25) is 9.69 Å². The molecule has 1 amide bonds. The number of likely N-dealkylation sites (tertiary alicyclic amines) is 1. The summed E-state index contributed by atoms with van der Waals surface area (Å²) < 4.78 is 2.03. The predicted octanol–water partition coefficient (Wildman–Crippen LogP) is 2.33. The van der Waals surface area contributed by atoms with Crippen molar-refractivity contribution in [2.24, 2.45) is 0 Å². The number of aromatic nitrogens is 3. The number of rotatable bonds is 4. The third-order valence-electron chi connectivity index (χ3n) is 6.70. The van der Waals surface area contributed by atoms with Crippen molar-refractivity contribution in [3.8, 4) is 0 Å². The maximum Gasteiger partial charge on any atom is 0.255 e. The van der Waals surface area contributed by atoms with Crippen LogP contribution in [0.2, 0.25) is 0 Å². The van der Waals surface area contributed by atoms with Gasteiger partial charge in [0, 0.05) is 51.5 Å². The van der Waals surface area contributed by atoms with Crippen molar-refractivity contribution >= 4 is 17.1 Å². The van der Waals surface area contributed by atoms with E-state index in [0.717, 1.165) is 69.8 Å². The van der Waals surface area contributed by atoms with Gasteiger partial charge in [0.2, 0.25) is 0 Å². The number of likely N-dealkylation sites (N-methyl/N-ethyl adjacent to an activating group) is 1. The second-order valence-electron chi connectivity index (χ2n) is 8.79. The van der Waals surface area contributed by atoms with Crippen molar-refractivity contribution in [1.82, 2.24) is 29.2 Å². The number of nitrogens with zero attached hydrogens (tertiary/aromatic N) is 6. The Bertz CT molecular complexity index is 1030. The summed E-state index contributed by atoms with van der Waals surface area (Å²) in [5.74, 6) is 0.0730. The summed E-state index contributed by atoms with van der Waals surface area (Å²) in [6, 6.07) is 12.8. The van der Waals surface area contributed by atoms with Gasteiger partial charge in [-0.05, 0) is 31.5 Å². The van der Waals surface area contributed by atoms with E-state index in [1.807, 2.05) is 33.7 Å². The summed E-state index contributed by atoms with van der Waals surface area (Å²) in [7, 11) is 2.19. The number of fused-ring (bicyclic) bond motifs is 1. The molecule has 7 nitrogen and oxygen atoms in total. The molecule has 0 radical (unpaired) electrons. The summed E-state index contributed by atoms with van der Waals surface area (Å²) in [5, 5.41) is 0. The highest BCUT2D eigenvalue weighted by molar-refractivity contribution is 5.96. The fourth-order valence-corrected chi connectivity index (χ4v) is 4.77. The van der Waals surface area contributed by atoms with Crippen LogP contribution in [-0.4, -0.2) is 87.5 Å². The molecule has 2 aliphatic rings. The van der Waals surface area contributed by atoms with E-state index < -0.39 is 0 Å². The van der Waals surface area contributed by atoms with Crippen LogP contribution >= 0.6 is 0 Å². The average molecular weight is 419 g/mol. The van der Waals surface area contributed by atoms with Crippen molar-refractivity contribution in [3.05, 3.63) is 60.0 Å². The standard InChI is InChI=1S/C24H30N6O/c1-27-11-13-28(14-12-27)21-7-9-29(10-8-21)24(31)20-15-22-23(25-16-20)30(18-26-22)17-19-5-3-2-4-6-19/h2-6,15-16,18,21H,7-14,17H2,1H3. The van der Waals surface area contributed by atoms with E-state index >= 15 is 0 Å². The average Bonchev–Trinajstić information content (AvgIpc) is 3.22. The van der Waals surface area contributed by atoms with Gasteiger partial charge in [-0.2, -0.15) is 0 Å². The molecule has 0 aliphatic carbocycles. The number of piperidine rings is 1. The summed E-state index contributed by atoms with van der Waals surface area (Å²) >= 11 is 0. The maximum absolute atomic E-state index is 13.1. The van der Waals surface area contributed by atoms with Gasteiger partial charge in [0.05, 0.1) is 18.4 Å². The number of hydrogen-bond donors (Lipinski definition) is 0. The van der Waals surface area contributed by atoms with Gasteiger partial charge in [0.15, 0.2) is 5.65 Å². The monoisotopic (exact) mass is 418 g/mol. The topological polar surface area (TPSA) is 57.5 Å². The molecule has 0 unspecified atom stereocenters. The quantitative estimate of drug-likeness (QED) is 0.651. The van der Waals surface area contributed by atoms with Crippen molar-refractivity contribution in [2.45, 2.75) is 25.4 Å². The Morgan fingerprint density at radius 2 is 1.74 bits per heavy atom. The molecule has 0 spiro atoms. The predicted molar refractivity (Wildman–Crippen MR) is 121 cm³/mol. The van der Waals surface area contributed by atoms with Crippen molar-refractivity contribution in [3.63, 3.8) is 0 Å². The molecule has 31 heavy (non-hydrogen) atoms. The number of piperazine rings is 1. The van der Waals surface area contributed by atoms with Crippen LogP contribution in [0, 0.1) is 0 Å². The summed E-state index contributed by atoms with van der Waals surface area (Å²) in [6.07, 6.45) is 5.62. The van der Waals surface area contributed by atoms with Crippen LogP contribution in [0.25, 0.3) is 11.2 Å². The van der Waals surface area contributed by atoms with Gasteiger partial charge in [-0.15, -0.1) is 0 Å². The second-order valence-corrected chi connectivity index (χ2v) is 8.79. The minimum atomic E-state index is 0.0730. The van der Waals surface area contributed by atoms with E-state index in [2.05, 4.69) is 38.9 Å². The van der Waals surface area contributed by atoms with Crippen molar-refractivity contribution in [1.29, 1.82) is 0 Å². The van der Waals surface area contributed by atoms with Crippen molar-refractivity contribution in [2.75, 3.05) is 46.3 Å². The Kier molecular flexibility index (Phi) is 5.70. The van der Waals surface area contributed by atoms with Crippen LogP contribution in [0.3, 0.4) is 0 Å². The molecular formula is C24H30N6O. The molecule has 0 atom stereocenters. The molecule has 7 heteroatoms. The van der Waals surface area contributed by atoms with Gasteiger partial charge >= 0.3 is 0 Å². The van der Waals surface area contributed by atoms with E-state index in [4.69, 9.17) is 0 Å². The number of pyridine rings is 1. The second kappa shape index (κ2) is 8.77. The van der Waals surface area contributed by atoms with Crippen LogP contribution in [-0.2, 0) is 6.54 Å². The fourth-order valence-electron chi connectivity index (χ4n) is 4.77. The Balaban J connectivity index is 1.23. The molecule has 2 saturated heterocycles. The fraction of sp³-hybridized carbons (Fsp3) is 0.458. The molecule has 2 fully saturated rings. The van der Waals surface area contributed by atoms with Crippen LogP contribution in [0.15, 0.2) is 48.9 Å². The first-order valence-corrected chi connectivity index (χ1v) is 11.2. The van der Waals surface area contributed by atoms with E-state index in [1.165, 1.54) is 5.56 Å². The van der Waals surface area contributed by atoms with Gasteiger partial charge < -0.3 is 14.4 Å². The lowest BCUT2D eigenvalue weighted by molar-refractivity contribution is 0.0518. The van der Waals surface area contributed by atoms with Crippen molar-refractivity contribution < 1.29 is 4.79 Å². The highest BCUT2D eigenvalue weighted by Crippen LogP contribution is 2.21. The summed E-state index contributed by atoms with van der Waals surface area (Å²) in [4.78, 5) is 29.2. The molecule has 0 saturated carbocycles. The van der Waals surface area contributed by atoms with Crippen LogP contribution in [0.5, 0.6) is 0 Å². The normalized spacial score (nSPS) is 19.2. The summed E-state index contributed by atoms with van der Waals surface area (Å²) in [6.45, 7) is 6.91. The first-order chi connectivity index (χ1) is 15.2. The Labute approximate surface area is 183 Å². The van der Waals surface area contributed by atoms with E-state index in [1.54, 1.807) is 12.5 Å². The zero-order valence-corrected chi connectivity index (χ0v) is 18.2. The molecule has 2 aromatic heterocycles. The zero-order valence-electron chi connectivity index (χ0n) is 18.2. The number of carbonyl (C=O) groups excluding carboxylic acids is 1. The van der Waals surface area contributed by atoms with E-state index in [9.17, 15) is 4.79 Å². The first-order valence-electron chi connectivity index (χ1n) is 11.2. The largest absolute Gasteiger partial charge is 0.338 e. The lowest BCUT2D eigenvalue weighted by atomic mass is 10.0. The lowest BCUT2D eigenvalue weighted by Crippen LogP contribution is -2.52. The molecule has 2 aliphatic heterocycles. The van der Waals surface area contributed by atoms with E-state index in [0.29, 0.717) is 11.6 Å². The van der Waals surface area contributed by atoms with Crippen LogP contribution in [0.1, 0.15) is 28.8 Å². The van der Waals surface area contributed by atoms with Crippen LogP contribution < -0.4 is 0 Å². The number of hydrogen-bond acceptors (Lipinski definition) is 5. The number of imidazole rings is 1. The highest BCUT2D eigenvalue weighted by atomic mass is 16.2. The summed E-state index contributed by atoms with van der Waals surface area (Å²) in [5.41, 5.74) is 3.42. The van der Waals surface area contributed by atoms with Crippen LogP contribution in [0.4, 0.5) is 0 Å². The number of benzene rings is 1. The Morgan fingerprint density at radius 3 is 2.48 bits per heavy atom. The number of amides is 1. The molecule has 1 aromatic carbocycles. The van der Waals surface area contributed by atoms with Gasteiger partial charge in [0.25, 0.3) is 5.91 Å². The lowest BCUT2D eigenvalue weighted by Gasteiger charge is -2.42. The van der Waals surface area contributed by atoms with E-state index in [-0.39, 0.29) is 5.91 Å². The first kappa shape index (κ1) is 20.2.